The van der Waals surface area contributed by atoms with E-state index in [4.69, 9.17) is 0 Å². The van der Waals surface area contributed by atoms with Gasteiger partial charge >= 0.3 is 0 Å². The first kappa shape index (κ1) is 16.9. The van der Waals surface area contributed by atoms with Gasteiger partial charge in [0, 0.05) is 22.2 Å². The third-order valence-corrected chi connectivity index (χ3v) is 6.72. The Kier molecular flexibility index (Phi) is 4.66. The lowest BCUT2D eigenvalue weighted by Gasteiger charge is -2.22. The number of nitrogens with zero attached hydrogens (tertiary/aromatic N) is 1. The number of fused-ring (bicyclic) bond motifs is 3. The third-order valence-electron chi connectivity index (χ3n) is 5.54. The summed E-state index contributed by atoms with van der Waals surface area (Å²) in [6, 6.07) is 17.3. The largest absolute Gasteiger partial charge is 0.317 e. The molecule has 2 aromatic heterocycles. The van der Waals surface area contributed by atoms with Crippen molar-refractivity contribution in [1.82, 2.24) is 20.8 Å². The predicted molar refractivity (Wildman–Crippen MR) is 114 cm³/mol. The van der Waals surface area contributed by atoms with Crippen LogP contribution in [0.1, 0.15) is 18.4 Å². The van der Waals surface area contributed by atoms with Crippen LogP contribution in [0, 0.1) is 5.92 Å². The van der Waals surface area contributed by atoms with Gasteiger partial charge in [0.25, 0.3) is 0 Å². The summed E-state index contributed by atoms with van der Waals surface area (Å²) in [5.41, 5.74) is 4.71. The molecule has 0 unspecified atom stereocenters. The summed E-state index contributed by atoms with van der Waals surface area (Å²) >= 11 is 1.81. The van der Waals surface area contributed by atoms with Crippen molar-refractivity contribution in [2.75, 3.05) is 19.6 Å². The number of aromatic nitrogens is 2. The van der Waals surface area contributed by atoms with Gasteiger partial charge < -0.3 is 10.6 Å². The van der Waals surface area contributed by atoms with Crippen molar-refractivity contribution < 1.29 is 0 Å². The molecule has 2 aromatic carbocycles. The Balaban J connectivity index is 1.30. The molecule has 4 aromatic rings. The summed E-state index contributed by atoms with van der Waals surface area (Å²) in [7, 11) is 0. The first-order valence-corrected chi connectivity index (χ1v) is 10.6. The zero-order valence-electron chi connectivity index (χ0n) is 15.3. The molecule has 3 heterocycles. The molecule has 1 aliphatic heterocycles. The molecule has 0 radical (unpaired) electrons. The smallest absolute Gasteiger partial charge is 0.110 e. The Hall–Kier alpha value is -2.21. The van der Waals surface area contributed by atoms with Gasteiger partial charge in [-0.25, -0.2) is 0 Å². The van der Waals surface area contributed by atoms with Gasteiger partial charge in [0.05, 0.1) is 10.2 Å². The molecule has 0 spiro atoms. The van der Waals surface area contributed by atoms with Gasteiger partial charge in [-0.15, -0.1) is 11.3 Å². The molecule has 5 rings (SSSR count). The third kappa shape index (κ3) is 3.38. The number of aromatic amines is 1. The number of H-pyrrole nitrogens is 1. The summed E-state index contributed by atoms with van der Waals surface area (Å²) < 4.78 is 2.55. The topological polar surface area (TPSA) is 52.7 Å². The second kappa shape index (κ2) is 7.43. The van der Waals surface area contributed by atoms with E-state index < -0.39 is 0 Å². The fourth-order valence-electron chi connectivity index (χ4n) is 3.97. The Morgan fingerprint density at radius 2 is 1.85 bits per heavy atom. The molecule has 1 aliphatic rings. The molecule has 5 heteroatoms. The van der Waals surface area contributed by atoms with Gasteiger partial charge in [0.1, 0.15) is 5.69 Å². The first-order chi connectivity index (χ1) is 13.4. The minimum atomic E-state index is 0.816. The van der Waals surface area contributed by atoms with Crippen LogP contribution in [0.3, 0.4) is 0 Å². The number of hydrogen-bond donors (Lipinski definition) is 3. The lowest BCUT2D eigenvalue weighted by atomic mass is 9.98. The van der Waals surface area contributed by atoms with Crippen LogP contribution in [0.5, 0.6) is 0 Å². The molecular formula is C22H24N4S. The van der Waals surface area contributed by atoms with Crippen LogP contribution in [0.15, 0.2) is 48.5 Å². The van der Waals surface area contributed by atoms with Gasteiger partial charge in [-0.1, -0.05) is 42.5 Å². The number of thiophene rings is 1. The molecule has 138 valence electrons. The lowest BCUT2D eigenvalue weighted by molar-refractivity contribution is 0.356. The van der Waals surface area contributed by atoms with E-state index in [9.17, 15) is 0 Å². The van der Waals surface area contributed by atoms with E-state index in [2.05, 4.69) is 69.4 Å². The van der Waals surface area contributed by atoms with Crippen LogP contribution in [0.2, 0.25) is 0 Å². The monoisotopic (exact) mass is 376 g/mol. The standard InChI is InChI=1S/C22H24N4S/c1-2-4-19-18(3-1)21-22(27-19)20(25-26-21)17-7-5-15(6-8-17)13-24-14-16-9-11-23-12-10-16/h1-8,16,23-24H,9-14H2,(H,25,26). The van der Waals surface area contributed by atoms with Crippen LogP contribution >= 0.6 is 11.3 Å². The van der Waals surface area contributed by atoms with E-state index in [1.807, 2.05) is 11.3 Å². The number of rotatable bonds is 5. The average molecular weight is 377 g/mol. The summed E-state index contributed by atoms with van der Waals surface area (Å²) in [5, 5.41) is 16.1. The normalized spacial score (nSPS) is 15.7. The van der Waals surface area contributed by atoms with Crippen LogP contribution < -0.4 is 10.6 Å². The first-order valence-electron chi connectivity index (χ1n) is 9.75. The Labute approximate surface area is 163 Å². The van der Waals surface area contributed by atoms with Crippen LogP contribution in [-0.2, 0) is 6.54 Å². The van der Waals surface area contributed by atoms with E-state index in [0.717, 1.165) is 43.3 Å². The van der Waals surface area contributed by atoms with Crippen molar-refractivity contribution in [3.05, 3.63) is 54.1 Å². The fourth-order valence-corrected chi connectivity index (χ4v) is 5.13. The molecule has 1 saturated heterocycles. The summed E-state index contributed by atoms with van der Waals surface area (Å²) in [6.45, 7) is 4.38. The van der Waals surface area contributed by atoms with Crippen molar-refractivity contribution in [2.24, 2.45) is 5.92 Å². The highest BCUT2D eigenvalue weighted by Gasteiger charge is 2.14. The quantitative estimate of drug-likeness (QED) is 0.479. The van der Waals surface area contributed by atoms with Crippen molar-refractivity contribution in [3.63, 3.8) is 0 Å². The van der Waals surface area contributed by atoms with E-state index in [1.165, 1.54) is 38.8 Å². The summed E-state index contributed by atoms with van der Waals surface area (Å²) in [5.74, 6) is 0.816. The van der Waals surface area contributed by atoms with Crippen LogP contribution in [0.4, 0.5) is 0 Å². The summed E-state index contributed by atoms with van der Waals surface area (Å²) in [4.78, 5) is 0. The predicted octanol–water partition coefficient (Wildman–Crippen LogP) is 4.53. The SMILES string of the molecule is c1ccc2c(c1)sc1c(-c3ccc(CNCC4CCNCC4)cc3)n[nH]c12. The molecule has 0 aliphatic carbocycles. The highest BCUT2D eigenvalue weighted by Crippen LogP contribution is 2.38. The van der Waals surface area contributed by atoms with E-state index in [-0.39, 0.29) is 0 Å². The van der Waals surface area contributed by atoms with Crippen LogP contribution in [0.25, 0.3) is 31.6 Å². The van der Waals surface area contributed by atoms with E-state index >= 15 is 0 Å². The Morgan fingerprint density at radius 1 is 1.04 bits per heavy atom. The maximum atomic E-state index is 4.59. The minimum Gasteiger partial charge on any atom is -0.317 e. The molecule has 0 atom stereocenters. The van der Waals surface area contributed by atoms with E-state index in [1.54, 1.807) is 0 Å². The maximum absolute atomic E-state index is 4.59. The summed E-state index contributed by atoms with van der Waals surface area (Å²) in [6.07, 6.45) is 2.58. The second-order valence-electron chi connectivity index (χ2n) is 7.40. The van der Waals surface area contributed by atoms with E-state index in [0.29, 0.717) is 0 Å². The zero-order valence-corrected chi connectivity index (χ0v) is 16.1. The molecule has 0 saturated carbocycles. The molecule has 0 amide bonds. The molecular weight excluding hydrogens is 352 g/mol. The Bertz CT molecular complexity index is 1040. The number of benzene rings is 2. The minimum absolute atomic E-state index is 0.816. The lowest BCUT2D eigenvalue weighted by Crippen LogP contribution is -2.33. The van der Waals surface area contributed by atoms with Gasteiger partial charge in [-0.05, 0) is 50.0 Å². The fraction of sp³-hybridized carbons (Fsp3) is 0.318. The molecule has 27 heavy (non-hydrogen) atoms. The van der Waals surface area contributed by atoms with Gasteiger partial charge in [0.15, 0.2) is 0 Å². The number of hydrogen-bond acceptors (Lipinski definition) is 4. The van der Waals surface area contributed by atoms with Crippen molar-refractivity contribution >= 4 is 31.6 Å². The number of nitrogens with one attached hydrogen (secondary N) is 3. The highest BCUT2D eigenvalue weighted by molar-refractivity contribution is 7.26. The van der Waals surface area contributed by atoms with Crippen LogP contribution in [-0.4, -0.2) is 29.8 Å². The molecule has 4 nitrogen and oxygen atoms in total. The molecule has 3 N–H and O–H groups in total. The van der Waals surface area contributed by atoms with Gasteiger partial charge in [-0.3, -0.25) is 5.10 Å². The van der Waals surface area contributed by atoms with Gasteiger partial charge in [-0.2, -0.15) is 5.10 Å². The Morgan fingerprint density at radius 3 is 2.70 bits per heavy atom. The van der Waals surface area contributed by atoms with Crippen molar-refractivity contribution in [3.8, 4) is 11.3 Å². The second-order valence-corrected chi connectivity index (χ2v) is 8.45. The zero-order chi connectivity index (χ0) is 18.1. The molecule has 0 bridgehead atoms. The van der Waals surface area contributed by atoms with Crippen molar-refractivity contribution in [2.45, 2.75) is 19.4 Å². The van der Waals surface area contributed by atoms with Gasteiger partial charge in [0.2, 0.25) is 0 Å². The maximum Gasteiger partial charge on any atom is 0.110 e. The average Bonchev–Trinajstić information content (AvgIpc) is 3.29. The highest BCUT2D eigenvalue weighted by atomic mass is 32.1. The van der Waals surface area contributed by atoms with Crippen molar-refractivity contribution in [1.29, 1.82) is 0 Å². The molecule has 1 fully saturated rings. The number of piperidine rings is 1.